The average Bonchev–Trinajstić information content (AvgIpc) is 3.08. The molecule has 0 unspecified atom stereocenters. The largest absolute Gasteiger partial charge is 0.360 e. The molecule has 0 aromatic carbocycles. The number of H-pyrrole nitrogens is 2. The number of nitrogens with one attached hydrogen (secondary N) is 2. The van der Waals surface area contributed by atoms with E-state index in [0.717, 1.165) is 11.0 Å². The molecule has 0 aliphatic carbocycles. The van der Waals surface area contributed by atoms with Gasteiger partial charge in [-0.2, -0.15) is 0 Å². The number of hydrogen-bond donors (Lipinski definition) is 2. The van der Waals surface area contributed by atoms with E-state index in [2.05, 4.69) is 19.9 Å². The lowest BCUT2D eigenvalue weighted by Gasteiger charge is -1.82. The molecule has 18 heavy (non-hydrogen) atoms. The molecular formula is C14H12N4. The van der Waals surface area contributed by atoms with Crippen LogP contribution in [-0.4, -0.2) is 19.9 Å². The predicted octanol–water partition coefficient (Wildman–Crippen LogP) is 3.13. The predicted molar refractivity (Wildman–Crippen MR) is 72.2 cm³/mol. The molecule has 0 fully saturated rings. The Morgan fingerprint density at radius 2 is 1.17 bits per heavy atom. The first-order valence-corrected chi connectivity index (χ1v) is 5.68. The van der Waals surface area contributed by atoms with Crippen LogP contribution in [0.15, 0.2) is 61.4 Å². The average molecular weight is 236 g/mol. The zero-order valence-electron chi connectivity index (χ0n) is 9.67. The van der Waals surface area contributed by atoms with Crippen LogP contribution in [0.2, 0.25) is 0 Å². The molecule has 88 valence electrons. The first kappa shape index (κ1) is 10.5. The van der Waals surface area contributed by atoms with Crippen molar-refractivity contribution in [2.75, 3.05) is 0 Å². The number of hydrogen-bond acceptors (Lipinski definition) is 2. The van der Waals surface area contributed by atoms with Crippen molar-refractivity contribution in [1.29, 1.82) is 0 Å². The molecule has 0 saturated carbocycles. The molecule has 0 aliphatic rings. The van der Waals surface area contributed by atoms with Gasteiger partial charge in [0.05, 0.1) is 23.4 Å². The van der Waals surface area contributed by atoms with Gasteiger partial charge in [-0.1, -0.05) is 0 Å². The fraction of sp³-hybridized carbons (Fsp3) is 0. The fourth-order valence-electron chi connectivity index (χ4n) is 1.78. The molecule has 0 radical (unpaired) electrons. The Labute approximate surface area is 104 Å². The van der Waals surface area contributed by atoms with Gasteiger partial charge in [-0.3, -0.25) is 9.97 Å². The van der Waals surface area contributed by atoms with Gasteiger partial charge in [0.1, 0.15) is 0 Å². The summed E-state index contributed by atoms with van der Waals surface area (Å²) in [6.07, 6.45) is 11.0. The first-order chi connectivity index (χ1) is 8.93. The maximum Gasteiger partial charge on any atom is 0.0640 e. The van der Waals surface area contributed by atoms with E-state index in [1.165, 1.54) is 10.8 Å². The van der Waals surface area contributed by atoms with E-state index in [9.17, 15) is 0 Å². The summed E-state index contributed by atoms with van der Waals surface area (Å²) < 4.78 is 0. The fourth-order valence-corrected chi connectivity index (χ4v) is 1.78. The van der Waals surface area contributed by atoms with Gasteiger partial charge in [-0.25, -0.2) is 0 Å². The lowest BCUT2D eigenvalue weighted by molar-refractivity contribution is 1.34. The number of pyridine rings is 2. The Morgan fingerprint density at radius 1 is 0.667 bits per heavy atom. The summed E-state index contributed by atoms with van der Waals surface area (Å²) in [5.41, 5.74) is 2.19. The highest BCUT2D eigenvalue weighted by Gasteiger charge is 1.88. The van der Waals surface area contributed by atoms with E-state index in [4.69, 9.17) is 0 Å². The standard InChI is InChI=1S/2C7H6N2/c2*1-3-8-5-7-6(1)2-4-9-7/h2*1-5,9H. The Kier molecular flexibility index (Phi) is 2.75. The van der Waals surface area contributed by atoms with Crippen molar-refractivity contribution in [2.45, 2.75) is 0 Å². The van der Waals surface area contributed by atoms with E-state index in [-0.39, 0.29) is 0 Å². The summed E-state index contributed by atoms with van der Waals surface area (Å²) >= 11 is 0. The SMILES string of the molecule is c1cc2cc[nH]c2cn1.c1cc2cc[nH]c2cn1. The molecule has 4 aromatic rings. The van der Waals surface area contributed by atoms with Crippen LogP contribution in [0.3, 0.4) is 0 Å². The highest BCUT2D eigenvalue weighted by Crippen LogP contribution is 2.08. The van der Waals surface area contributed by atoms with E-state index < -0.39 is 0 Å². The molecule has 4 heteroatoms. The first-order valence-electron chi connectivity index (χ1n) is 5.68. The van der Waals surface area contributed by atoms with Crippen molar-refractivity contribution in [3.8, 4) is 0 Å². The van der Waals surface area contributed by atoms with Gasteiger partial charge in [0.25, 0.3) is 0 Å². The van der Waals surface area contributed by atoms with Crippen LogP contribution in [0.25, 0.3) is 21.8 Å². The second kappa shape index (κ2) is 4.71. The monoisotopic (exact) mass is 236 g/mol. The Bertz CT molecular complexity index is 628. The molecular weight excluding hydrogens is 224 g/mol. The van der Waals surface area contributed by atoms with Gasteiger partial charge in [-0.05, 0) is 24.3 Å². The van der Waals surface area contributed by atoms with Crippen LogP contribution >= 0.6 is 0 Å². The van der Waals surface area contributed by atoms with E-state index in [0.29, 0.717) is 0 Å². The third-order valence-corrected chi connectivity index (χ3v) is 2.71. The zero-order valence-corrected chi connectivity index (χ0v) is 9.67. The van der Waals surface area contributed by atoms with Crippen LogP contribution < -0.4 is 0 Å². The van der Waals surface area contributed by atoms with Crippen LogP contribution in [0, 0.1) is 0 Å². The second-order valence-corrected chi connectivity index (χ2v) is 3.88. The van der Waals surface area contributed by atoms with Crippen LogP contribution in [0.4, 0.5) is 0 Å². The van der Waals surface area contributed by atoms with Crippen molar-refractivity contribution in [1.82, 2.24) is 19.9 Å². The van der Waals surface area contributed by atoms with Crippen molar-refractivity contribution >= 4 is 21.8 Å². The minimum Gasteiger partial charge on any atom is -0.360 e. The van der Waals surface area contributed by atoms with Gasteiger partial charge in [0.15, 0.2) is 0 Å². The molecule has 0 bridgehead atoms. The topological polar surface area (TPSA) is 57.4 Å². The van der Waals surface area contributed by atoms with Crippen LogP contribution in [-0.2, 0) is 0 Å². The highest BCUT2D eigenvalue weighted by molar-refractivity contribution is 5.78. The number of aromatic amines is 2. The summed E-state index contributed by atoms with van der Waals surface area (Å²) in [6, 6.07) is 8.01. The highest BCUT2D eigenvalue weighted by atomic mass is 14.7. The third-order valence-electron chi connectivity index (χ3n) is 2.71. The minimum atomic E-state index is 1.09. The molecule has 4 nitrogen and oxygen atoms in total. The Hall–Kier alpha value is -2.62. The Balaban J connectivity index is 0.000000111. The maximum atomic E-state index is 3.95. The molecule has 0 aliphatic heterocycles. The summed E-state index contributed by atoms with van der Waals surface area (Å²) in [4.78, 5) is 14.0. The van der Waals surface area contributed by atoms with Gasteiger partial charge < -0.3 is 9.97 Å². The zero-order chi connectivity index (χ0) is 12.2. The summed E-state index contributed by atoms with van der Waals surface area (Å²) in [6.45, 7) is 0. The summed E-state index contributed by atoms with van der Waals surface area (Å²) in [5.74, 6) is 0. The molecule has 0 atom stereocenters. The molecule has 4 aromatic heterocycles. The number of fused-ring (bicyclic) bond motifs is 2. The molecule has 0 saturated heterocycles. The lowest BCUT2D eigenvalue weighted by atomic mass is 10.3. The maximum absolute atomic E-state index is 3.95. The van der Waals surface area contributed by atoms with Gasteiger partial charge in [0, 0.05) is 35.6 Å². The quantitative estimate of drug-likeness (QED) is 0.493. The normalized spacial score (nSPS) is 10.2. The second-order valence-electron chi connectivity index (χ2n) is 3.88. The third kappa shape index (κ3) is 2.08. The Morgan fingerprint density at radius 3 is 1.61 bits per heavy atom. The van der Waals surface area contributed by atoms with Gasteiger partial charge in [-0.15, -0.1) is 0 Å². The minimum absolute atomic E-state index is 1.09. The van der Waals surface area contributed by atoms with Gasteiger partial charge >= 0.3 is 0 Å². The molecule has 0 spiro atoms. The number of rotatable bonds is 0. The van der Waals surface area contributed by atoms with Crippen LogP contribution in [0.1, 0.15) is 0 Å². The van der Waals surface area contributed by atoms with Crippen LogP contribution in [0.5, 0.6) is 0 Å². The molecule has 2 N–H and O–H groups in total. The number of nitrogens with zero attached hydrogens (tertiary/aromatic N) is 2. The van der Waals surface area contributed by atoms with Gasteiger partial charge in [0.2, 0.25) is 0 Å². The van der Waals surface area contributed by atoms with Crippen molar-refractivity contribution in [3.05, 3.63) is 61.4 Å². The van der Waals surface area contributed by atoms with E-state index in [1.807, 2.05) is 49.1 Å². The molecule has 0 amide bonds. The van der Waals surface area contributed by atoms with Crippen molar-refractivity contribution in [2.24, 2.45) is 0 Å². The molecule has 4 rings (SSSR count). The van der Waals surface area contributed by atoms with Crippen molar-refractivity contribution in [3.63, 3.8) is 0 Å². The summed E-state index contributed by atoms with van der Waals surface area (Å²) in [7, 11) is 0. The molecule has 4 heterocycles. The smallest absolute Gasteiger partial charge is 0.0640 e. The van der Waals surface area contributed by atoms with E-state index in [1.54, 1.807) is 12.4 Å². The lowest BCUT2D eigenvalue weighted by Crippen LogP contribution is -1.68. The summed E-state index contributed by atoms with van der Waals surface area (Å²) in [5, 5.41) is 2.43. The van der Waals surface area contributed by atoms with E-state index >= 15 is 0 Å². The number of aromatic nitrogens is 4. The van der Waals surface area contributed by atoms with Crippen molar-refractivity contribution < 1.29 is 0 Å².